The molecule has 0 atom stereocenters. The molecule has 33 heavy (non-hydrogen) atoms. The maximum absolute atomic E-state index is 15.7. The summed E-state index contributed by atoms with van der Waals surface area (Å²) in [7, 11) is 2.00. The van der Waals surface area contributed by atoms with Crippen molar-refractivity contribution in [2.75, 3.05) is 20.1 Å². The summed E-state index contributed by atoms with van der Waals surface area (Å²) in [5.41, 5.74) is 0.989. The highest BCUT2D eigenvalue weighted by Gasteiger charge is 2.38. The molecule has 0 unspecified atom stereocenters. The third-order valence-corrected chi connectivity index (χ3v) is 7.56. The van der Waals surface area contributed by atoms with E-state index in [-0.39, 0.29) is 12.1 Å². The molecule has 4 aromatic rings. The fourth-order valence-corrected chi connectivity index (χ4v) is 5.64. The molecule has 2 aliphatic heterocycles. The first kappa shape index (κ1) is 20.3. The Balaban J connectivity index is 1.52. The molecule has 0 saturated carbocycles. The number of para-hydroxylation sites is 1. The van der Waals surface area contributed by atoms with Crippen LogP contribution in [-0.2, 0) is 16.1 Å². The van der Waals surface area contributed by atoms with E-state index in [9.17, 15) is 9.59 Å². The SMILES string of the molecule is CN1CCC(F)(Cn2nc(C3=C(c4c[nH]c5sccc45)C(=O)NC3=O)c3ccccc32)CC1. The molecule has 0 radical (unpaired) electrons. The summed E-state index contributed by atoms with van der Waals surface area (Å²) in [6.07, 6.45) is 2.61. The van der Waals surface area contributed by atoms with Crippen LogP contribution in [-0.4, -0.2) is 57.3 Å². The van der Waals surface area contributed by atoms with E-state index in [0.29, 0.717) is 42.8 Å². The molecular formula is C24H22FN5O2S. The van der Waals surface area contributed by atoms with Gasteiger partial charge >= 0.3 is 0 Å². The van der Waals surface area contributed by atoms with Gasteiger partial charge in [-0.2, -0.15) is 5.10 Å². The van der Waals surface area contributed by atoms with Crippen LogP contribution in [0.15, 0.2) is 41.9 Å². The second-order valence-electron chi connectivity index (χ2n) is 8.88. The van der Waals surface area contributed by atoms with Crippen molar-refractivity contribution in [2.45, 2.75) is 25.1 Å². The van der Waals surface area contributed by atoms with Crippen LogP contribution < -0.4 is 5.32 Å². The van der Waals surface area contributed by atoms with Gasteiger partial charge in [0, 0.05) is 35.6 Å². The fourth-order valence-electron chi connectivity index (χ4n) is 4.87. The number of aromatic nitrogens is 3. The Kier molecular flexibility index (Phi) is 4.53. The lowest BCUT2D eigenvalue weighted by atomic mass is 9.93. The number of H-pyrrole nitrogens is 1. The molecule has 1 saturated heterocycles. The number of fused-ring (bicyclic) bond motifs is 2. The van der Waals surface area contributed by atoms with Crippen LogP contribution in [0.4, 0.5) is 4.39 Å². The Morgan fingerprint density at radius 1 is 1.09 bits per heavy atom. The number of nitrogens with one attached hydrogen (secondary N) is 2. The zero-order valence-electron chi connectivity index (χ0n) is 18.0. The van der Waals surface area contributed by atoms with Gasteiger partial charge in [-0.25, -0.2) is 4.39 Å². The molecule has 3 aromatic heterocycles. The van der Waals surface area contributed by atoms with E-state index < -0.39 is 17.5 Å². The minimum atomic E-state index is -1.37. The second-order valence-corrected chi connectivity index (χ2v) is 9.79. The molecule has 9 heteroatoms. The summed E-state index contributed by atoms with van der Waals surface area (Å²) in [6.45, 7) is 1.50. The molecule has 1 aromatic carbocycles. The molecule has 1 fully saturated rings. The lowest BCUT2D eigenvalue weighted by molar-refractivity contribution is -0.122. The number of imide groups is 1. The van der Waals surface area contributed by atoms with E-state index in [2.05, 4.69) is 15.2 Å². The molecule has 0 aliphatic carbocycles. The van der Waals surface area contributed by atoms with Crippen molar-refractivity contribution in [3.05, 3.63) is 53.2 Å². The van der Waals surface area contributed by atoms with Gasteiger partial charge in [0.2, 0.25) is 0 Å². The third-order valence-electron chi connectivity index (χ3n) is 6.71. The van der Waals surface area contributed by atoms with Crippen LogP contribution in [0.5, 0.6) is 0 Å². The highest BCUT2D eigenvalue weighted by atomic mass is 32.1. The number of aromatic amines is 1. The normalized spacial score (nSPS) is 19.2. The van der Waals surface area contributed by atoms with Crippen molar-refractivity contribution >= 4 is 55.4 Å². The Bertz CT molecular complexity index is 1450. The van der Waals surface area contributed by atoms with Crippen molar-refractivity contribution < 1.29 is 14.0 Å². The summed E-state index contributed by atoms with van der Waals surface area (Å²) >= 11 is 1.53. The summed E-state index contributed by atoms with van der Waals surface area (Å²) < 4.78 is 17.3. The summed E-state index contributed by atoms with van der Waals surface area (Å²) in [6, 6.07) is 9.41. The Morgan fingerprint density at radius 3 is 2.67 bits per heavy atom. The maximum atomic E-state index is 15.7. The molecule has 168 valence electrons. The van der Waals surface area contributed by atoms with Crippen molar-refractivity contribution in [3.8, 4) is 0 Å². The number of rotatable bonds is 4. The molecule has 0 bridgehead atoms. The Morgan fingerprint density at radius 2 is 1.85 bits per heavy atom. The predicted octanol–water partition coefficient (Wildman–Crippen LogP) is 3.58. The smallest absolute Gasteiger partial charge is 0.261 e. The number of hydrogen-bond acceptors (Lipinski definition) is 5. The Hall–Kier alpha value is -3.30. The van der Waals surface area contributed by atoms with Crippen LogP contribution in [0.3, 0.4) is 0 Å². The topological polar surface area (TPSA) is 83.0 Å². The monoisotopic (exact) mass is 463 g/mol. The van der Waals surface area contributed by atoms with Gasteiger partial charge in [-0.3, -0.25) is 19.6 Å². The minimum absolute atomic E-state index is 0.110. The molecule has 0 spiro atoms. The number of benzene rings is 1. The maximum Gasteiger partial charge on any atom is 0.261 e. The van der Waals surface area contributed by atoms with E-state index in [1.807, 2.05) is 42.8 Å². The molecular weight excluding hydrogens is 441 g/mol. The van der Waals surface area contributed by atoms with Crippen LogP contribution in [0, 0.1) is 0 Å². The number of piperidine rings is 1. The van der Waals surface area contributed by atoms with Gasteiger partial charge in [0.25, 0.3) is 11.8 Å². The van der Waals surface area contributed by atoms with Crippen molar-refractivity contribution in [1.82, 2.24) is 25.0 Å². The number of alkyl halides is 1. The van der Waals surface area contributed by atoms with E-state index in [1.165, 1.54) is 11.3 Å². The van der Waals surface area contributed by atoms with E-state index in [0.717, 1.165) is 21.1 Å². The Labute approximate surface area is 192 Å². The van der Waals surface area contributed by atoms with Gasteiger partial charge in [0.1, 0.15) is 16.2 Å². The first-order valence-electron chi connectivity index (χ1n) is 10.9. The number of thiophene rings is 1. The van der Waals surface area contributed by atoms with Crippen LogP contribution in [0.25, 0.3) is 32.3 Å². The van der Waals surface area contributed by atoms with E-state index in [4.69, 9.17) is 5.10 Å². The number of likely N-dealkylation sites (tertiary alicyclic amines) is 1. The molecule has 2 amide bonds. The molecule has 5 heterocycles. The first-order valence-corrected chi connectivity index (χ1v) is 11.8. The zero-order valence-corrected chi connectivity index (χ0v) is 18.8. The zero-order chi connectivity index (χ0) is 22.7. The third kappa shape index (κ3) is 3.22. The quantitative estimate of drug-likeness (QED) is 0.453. The lowest BCUT2D eigenvalue weighted by Crippen LogP contribution is -2.42. The highest BCUT2D eigenvalue weighted by Crippen LogP contribution is 2.38. The van der Waals surface area contributed by atoms with Crippen molar-refractivity contribution in [3.63, 3.8) is 0 Å². The summed E-state index contributed by atoms with van der Waals surface area (Å²) in [5, 5.41) is 10.7. The van der Waals surface area contributed by atoms with Gasteiger partial charge < -0.3 is 9.88 Å². The lowest BCUT2D eigenvalue weighted by Gasteiger charge is -2.34. The number of carbonyl (C=O) groups is 2. The molecule has 6 rings (SSSR count). The number of halogens is 1. The van der Waals surface area contributed by atoms with Gasteiger partial charge in [-0.05, 0) is 37.4 Å². The van der Waals surface area contributed by atoms with Gasteiger partial charge in [0.15, 0.2) is 0 Å². The number of hydrogen-bond donors (Lipinski definition) is 2. The number of nitrogens with zero attached hydrogens (tertiary/aromatic N) is 3. The first-order chi connectivity index (χ1) is 15.9. The van der Waals surface area contributed by atoms with Gasteiger partial charge in [-0.1, -0.05) is 18.2 Å². The van der Waals surface area contributed by atoms with Gasteiger partial charge in [-0.15, -0.1) is 11.3 Å². The molecule has 2 aliphatic rings. The minimum Gasteiger partial charge on any atom is -0.352 e. The largest absolute Gasteiger partial charge is 0.352 e. The average Bonchev–Trinajstić information content (AvgIpc) is 3.54. The van der Waals surface area contributed by atoms with Crippen LogP contribution in [0.2, 0.25) is 0 Å². The highest BCUT2D eigenvalue weighted by molar-refractivity contribution is 7.16. The van der Waals surface area contributed by atoms with E-state index >= 15 is 4.39 Å². The van der Waals surface area contributed by atoms with Crippen molar-refractivity contribution in [1.29, 1.82) is 0 Å². The fraction of sp³-hybridized carbons (Fsp3) is 0.292. The second kappa shape index (κ2) is 7.36. The van der Waals surface area contributed by atoms with E-state index in [1.54, 1.807) is 10.9 Å². The molecule has 2 N–H and O–H groups in total. The summed E-state index contributed by atoms with van der Waals surface area (Å²) in [5.74, 6) is -0.928. The van der Waals surface area contributed by atoms with Crippen LogP contribution in [0.1, 0.15) is 24.1 Å². The predicted molar refractivity (Wildman–Crippen MR) is 126 cm³/mol. The summed E-state index contributed by atoms with van der Waals surface area (Å²) in [4.78, 5) is 32.1. The van der Waals surface area contributed by atoms with Crippen molar-refractivity contribution in [2.24, 2.45) is 0 Å². The van der Waals surface area contributed by atoms with Crippen LogP contribution >= 0.6 is 11.3 Å². The standard InChI is InChI=1S/C24H22FN5O2S/c1-29-9-7-24(25,8-10-29)13-30-17-5-3-2-4-15(17)20(28-30)19-18(21(31)27-22(19)32)16-12-26-23-14(16)6-11-33-23/h2-6,11-12,26H,7-10,13H2,1H3,(H,27,31,32). The number of carbonyl (C=O) groups excluding carboxylic acids is 2. The number of amides is 2. The van der Waals surface area contributed by atoms with Gasteiger partial charge in [0.05, 0.1) is 23.2 Å². The molecule has 7 nitrogen and oxygen atoms in total. The average molecular weight is 464 g/mol.